The molecule has 0 amide bonds. The number of ether oxygens (including phenoxy) is 2. The number of fused-ring (bicyclic) bond motifs is 1. The maximum absolute atomic E-state index is 11.0. The minimum atomic E-state index is -0.481. The van der Waals surface area contributed by atoms with Gasteiger partial charge < -0.3 is 9.47 Å². The van der Waals surface area contributed by atoms with Crippen molar-refractivity contribution >= 4 is 22.6 Å². The number of aromatic nitrogens is 1. The number of carbonyl (C=O) groups is 1. The van der Waals surface area contributed by atoms with Crippen LogP contribution in [0.5, 0.6) is 5.75 Å². The lowest BCUT2D eigenvalue weighted by Gasteiger charge is -2.08. The van der Waals surface area contributed by atoms with Crippen molar-refractivity contribution in [3.63, 3.8) is 0 Å². The van der Waals surface area contributed by atoms with Gasteiger partial charge in [-0.1, -0.05) is 6.92 Å². The summed E-state index contributed by atoms with van der Waals surface area (Å²) in [6.07, 6.45) is 1.76. The van der Waals surface area contributed by atoms with E-state index in [2.05, 4.69) is 4.98 Å². The molecule has 0 aliphatic heterocycles. The molecular weight excluding hydrogens is 264 g/mol. The number of hydrogen-bond donors (Lipinski definition) is 0. The van der Waals surface area contributed by atoms with Gasteiger partial charge in [0.15, 0.2) is 0 Å². The largest absolute Gasteiger partial charge is 0.455 e. The van der Waals surface area contributed by atoms with Crippen LogP contribution in [-0.4, -0.2) is 22.7 Å². The zero-order valence-corrected chi connectivity index (χ0v) is 10.7. The fraction of sp³-hybridized carbons (Fsp3) is 0.231. The van der Waals surface area contributed by atoms with Crippen LogP contribution in [0, 0.1) is 10.1 Å². The molecular formula is C13H12N2O5. The van der Waals surface area contributed by atoms with Crippen LogP contribution in [0.2, 0.25) is 0 Å². The Bertz CT molecular complexity index is 656. The summed E-state index contributed by atoms with van der Waals surface area (Å²) in [4.78, 5) is 25.5. The number of nitrogens with zero attached hydrogens (tertiary/aromatic N) is 2. The molecule has 0 fully saturated rings. The Balaban J connectivity index is 2.29. The van der Waals surface area contributed by atoms with Crippen LogP contribution in [-0.2, 0) is 9.53 Å². The van der Waals surface area contributed by atoms with E-state index < -0.39 is 4.92 Å². The number of hydrogen-bond acceptors (Lipinski definition) is 6. The second kappa shape index (κ2) is 5.96. The Morgan fingerprint density at radius 1 is 1.40 bits per heavy atom. The zero-order valence-electron chi connectivity index (χ0n) is 10.7. The molecule has 1 heterocycles. The first-order valence-corrected chi connectivity index (χ1v) is 5.94. The van der Waals surface area contributed by atoms with Gasteiger partial charge in [0.1, 0.15) is 11.3 Å². The van der Waals surface area contributed by atoms with E-state index in [1.165, 1.54) is 18.3 Å². The van der Waals surface area contributed by atoms with Crippen molar-refractivity contribution < 1.29 is 19.2 Å². The highest BCUT2D eigenvalue weighted by Gasteiger charge is 2.15. The molecule has 0 aliphatic carbocycles. The average molecular weight is 276 g/mol. The molecule has 7 nitrogen and oxygen atoms in total. The van der Waals surface area contributed by atoms with Crippen LogP contribution in [0.4, 0.5) is 5.69 Å². The van der Waals surface area contributed by atoms with Crippen LogP contribution >= 0.6 is 0 Å². The lowest BCUT2D eigenvalue weighted by Crippen LogP contribution is -2.09. The van der Waals surface area contributed by atoms with Gasteiger partial charge in [0, 0.05) is 18.7 Å². The fourth-order valence-electron chi connectivity index (χ4n) is 1.67. The molecule has 1 aromatic carbocycles. The second-order valence-electron chi connectivity index (χ2n) is 3.87. The first-order valence-electron chi connectivity index (χ1n) is 5.94. The topological polar surface area (TPSA) is 91.6 Å². The molecule has 0 unspecified atom stereocenters. The third kappa shape index (κ3) is 2.82. The number of rotatable bonds is 5. The van der Waals surface area contributed by atoms with Crippen molar-refractivity contribution in [2.75, 3.05) is 6.79 Å². The predicted octanol–water partition coefficient (Wildman–Crippen LogP) is 2.43. The molecule has 0 atom stereocenters. The molecule has 104 valence electrons. The maximum Gasteiger partial charge on any atom is 0.308 e. The van der Waals surface area contributed by atoms with Gasteiger partial charge in [-0.05, 0) is 18.2 Å². The van der Waals surface area contributed by atoms with Crippen molar-refractivity contribution in [1.82, 2.24) is 4.98 Å². The average Bonchev–Trinajstić information content (AvgIpc) is 2.46. The fourth-order valence-corrected chi connectivity index (χ4v) is 1.67. The maximum atomic E-state index is 11.0. The molecule has 0 radical (unpaired) electrons. The van der Waals surface area contributed by atoms with Crippen LogP contribution in [0.15, 0.2) is 30.5 Å². The molecule has 0 aliphatic rings. The lowest BCUT2D eigenvalue weighted by molar-refractivity contribution is -0.383. The molecule has 20 heavy (non-hydrogen) atoms. The van der Waals surface area contributed by atoms with E-state index in [4.69, 9.17) is 9.47 Å². The number of nitro benzene ring substituents is 1. The molecule has 0 saturated heterocycles. The third-order valence-corrected chi connectivity index (χ3v) is 2.63. The number of esters is 1. The van der Waals surface area contributed by atoms with Crippen LogP contribution in [0.25, 0.3) is 10.9 Å². The van der Waals surface area contributed by atoms with Crippen molar-refractivity contribution in [2.24, 2.45) is 0 Å². The van der Waals surface area contributed by atoms with E-state index >= 15 is 0 Å². The molecule has 2 rings (SSSR count). The van der Waals surface area contributed by atoms with E-state index in [0.29, 0.717) is 16.7 Å². The molecule has 0 spiro atoms. The molecule has 0 saturated carbocycles. The normalized spacial score (nSPS) is 10.2. The molecule has 1 aromatic heterocycles. The van der Waals surface area contributed by atoms with Gasteiger partial charge in [0.25, 0.3) is 5.69 Å². The van der Waals surface area contributed by atoms with Crippen molar-refractivity contribution in [3.05, 3.63) is 40.6 Å². The van der Waals surface area contributed by atoms with E-state index in [9.17, 15) is 14.9 Å². The van der Waals surface area contributed by atoms with E-state index in [1.54, 1.807) is 19.1 Å². The quantitative estimate of drug-likeness (QED) is 0.360. The number of non-ortho nitro benzene ring substituents is 1. The highest BCUT2D eigenvalue weighted by Crippen LogP contribution is 2.31. The molecule has 7 heteroatoms. The summed E-state index contributed by atoms with van der Waals surface area (Å²) in [5, 5.41) is 11.3. The summed E-state index contributed by atoms with van der Waals surface area (Å²) in [5.41, 5.74) is 0.306. The number of pyridine rings is 1. The standard InChI is InChI=1S/C13H12N2O5/c1-2-12(16)20-8-19-11-6-5-10(15(17)18)9-4-3-7-14-13(9)11/h3-7H,2,8H2,1H3. The van der Waals surface area contributed by atoms with E-state index in [-0.39, 0.29) is 24.9 Å². The third-order valence-electron chi connectivity index (χ3n) is 2.63. The first-order chi connectivity index (χ1) is 9.63. The zero-order chi connectivity index (χ0) is 14.5. The summed E-state index contributed by atoms with van der Waals surface area (Å²) < 4.78 is 10.1. The monoisotopic (exact) mass is 276 g/mol. The van der Waals surface area contributed by atoms with Crippen LogP contribution in [0.3, 0.4) is 0 Å². The summed E-state index contributed by atoms with van der Waals surface area (Å²) in [7, 11) is 0. The summed E-state index contributed by atoms with van der Waals surface area (Å²) >= 11 is 0. The number of benzene rings is 1. The van der Waals surface area contributed by atoms with E-state index in [1.807, 2.05) is 0 Å². The predicted molar refractivity (Wildman–Crippen MR) is 70.3 cm³/mol. The Morgan fingerprint density at radius 3 is 2.90 bits per heavy atom. The second-order valence-corrected chi connectivity index (χ2v) is 3.87. The minimum absolute atomic E-state index is 0.0500. The minimum Gasteiger partial charge on any atom is -0.455 e. The SMILES string of the molecule is CCC(=O)OCOc1ccc([N+](=O)[O-])c2cccnc12. The van der Waals surface area contributed by atoms with Crippen LogP contribution in [0.1, 0.15) is 13.3 Å². The first kappa shape index (κ1) is 13.7. The van der Waals surface area contributed by atoms with Gasteiger partial charge in [-0.2, -0.15) is 0 Å². The number of carbonyl (C=O) groups excluding carboxylic acids is 1. The Morgan fingerprint density at radius 2 is 2.20 bits per heavy atom. The van der Waals surface area contributed by atoms with Gasteiger partial charge in [0.05, 0.1) is 10.3 Å². The van der Waals surface area contributed by atoms with Gasteiger partial charge >= 0.3 is 5.97 Å². The lowest BCUT2D eigenvalue weighted by atomic mass is 10.1. The van der Waals surface area contributed by atoms with Gasteiger partial charge in [-0.3, -0.25) is 19.9 Å². The Labute approximate surface area is 114 Å². The van der Waals surface area contributed by atoms with E-state index in [0.717, 1.165) is 0 Å². The van der Waals surface area contributed by atoms with Gasteiger partial charge in [0.2, 0.25) is 6.79 Å². The van der Waals surface area contributed by atoms with Gasteiger partial charge in [-0.25, -0.2) is 0 Å². The Kier molecular flexibility index (Phi) is 4.09. The molecule has 2 aromatic rings. The molecule has 0 bridgehead atoms. The van der Waals surface area contributed by atoms with Crippen LogP contribution < -0.4 is 4.74 Å². The smallest absolute Gasteiger partial charge is 0.308 e. The summed E-state index contributed by atoms with van der Waals surface area (Å²) in [6.45, 7) is 1.42. The summed E-state index contributed by atoms with van der Waals surface area (Å²) in [5.74, 6) is -0.0562. The Hall–Kier alpha value is -2.70. The highest BCUT2D eigenvalue weighted by atomic mass is 16.7. The van der Waals surface area contributed by atoms with Crippen molar-refractivity contribution in [3.8, 4) is 5.75 Å². The summed E-state index contributed by atoms with van der Waals surface area (Å²) in [6, 6.07) is 5.97. The molecule has 0 N–H and O–H groups in total. The van der Waals surface area contributed by atoms with Crippen molar-refractivity contribution in [1.29, 1.82) is 0 Å². The highest BCUT2D eigenvalue weighted by molar-refractivity contribution is 5.92. The van der Waals surface area contributed by atoms with Gasteiger partial charge in [-0.15, -0.1) is 0 Å². The van der Waals surface area contributed by atoms with Crippen molar-refractivity contribution in [2.45, 2.75) is 13.3 Å². The number of nitro groups is 1.